The van der Waals surface area contributed by atoms with Gasteiger partial charge in [-0.15, -0.1) is 0 Å². The van der Waals surface area contributed by atoms with Gasteiger partial charge < -0.3 is 4.74 Å². The molecule has 1 nitrogen and oxygen atoms in total. The van der Waals surface area contributed by atoms with E-state index >= 15 is 0 Å². The molecule has 1 aliphatic heterocycles. The van der Waals surface area contributed by atoms with Gasteiger partial charge in [-0.05, 0) is 41.7 Å². The van der Waals surface area contributed by atoms with E-state index in [1.807, 2.05) is 6.08 Å². The Bertz CT molecular complexity index is 505. The standard InChI is InChI=1S/C17H18O/c1-2-13-6-8-14(9-7-13)15-10-11-16(15)17-5-3-4-12-18-17/h3-9,11-12,15,17H,2,10H2,1H3. The molecule has 1 heterocycles. The molecule has 0 saturated carbocycles. The van der Waals surface area contributed by atoms with Gasteiger partial charge in [-0.25, -0.2) is 0 Å². The summed E-state index contributed by atoms with van der Waals surface area (Å²) in [5.74, 6) is 0.539. The number of aryl methyl sites for hydroxylation is 1. The molecule has 3 rings (SSSR count). The molecule has 0 radical (unpaired) electrons. The molecule has 0 N–H and O–H groups in total. The molecule has 1 aromatic rings. The molecule has 1 heteroatoms. The minimum absolute atomic E-state index is 0.139. The predicted molar refractivity (Wildman–Crippen MR) is 74.4 cm³/mol. The molecule has 2 atom stereocenters. The summed E-state index contributed by atoms with van der Waals surface area (Å²) in [7, 11) is 0. The van der Waals surface area contributed by atoms with Crippen LogP contribution in [0, 0.1) is 0 Å². The molecule has 0 saturated heterocycles. The zero-order chi connectivity index (χ0) is 12.4. The van der Waals surface area contributed by atoms with Gasteiger partial charge in [0.2, 0.25) is 0 Å². The van der Waals surface area contributed by atoms with Crippen LogP contribution in [0.1, 0.15) is 30.4 Å². The quantitative estimate of drug-likeness (QED) is 0.719. The molecule has 0 amide bonds. The minimum Gasteiger partial charge on any atom is -0.490 e. The molecule has 0 aromatic heterocycles. The lowest BCUT2D eigenvalue weighted by atomic mass is 9.76. The van der Waals surface area contributed by atoms with Crippen LogP contribution in [0.5, 0.6) is 0 Å². The highest BCUT2D eigenvalue weighted by atomic mass is 16.5. The van der Waals surface area contributed by atoms with E-state index < -0.39 is 0 Å². The van der Waals surface area contributed by atoms with E-state index in [0.717, 1.165) is 12.8 Å². The Kier molecular flexibility index (Phi) is 3.06. The van der Waals surface area contributed by atoms with Crippen molar-refractivity contribution in [3.8, 4) is 0 Å². The molecule has 1 aromatic carbocycles. The number of benzene rings is 1. The fourth-order valence-electron chi connectivity index (χ4n) is 2.58. The average Bonchev–Trinajstić information content (AvgIpc) is 2.40. The number of allylic oxidation sites excluding steroid dienone is 3. The van der Waals surface area contributed by atoms with Crippen LogP contribution in [0.3, 0.4) is 0 Å². The van der Waals surface area contributed by atoms with Gasteiger partial charge in [0.05, 0.1) is 6.26 Å². The van der Waals surface area contributed by atoms with Crippen molar-refractivity contribution in [3.05, 3.63) is 71.5 Å². The lowest BCUT2D eigenvalue weighted by Crippen LogP contribution is -2.23. The number of ether oxygens (including phenoxy) is 1. The summed E-state index contributed by atoms with van der Waals surface area (Å²) in [5.41, 5.74) is 4.22. The maximum atomic E-state index is 5.64. The summed E-state index contributed by atoms with van der Waals surface area (Å²) < 4.78 is 5.64. The maximum absolute atomic E-state index is 5.64. The Balaban J connectivity index is 1.76. The van der Waals surface area contributed by atoms with Gasteiger partial charge in [-0.1, -0.05) is 43.3 Å². The topological polar surface area (TPSA) is 9.23 Å². The van der Waals surface area contributed by atoms with Crippen LogP contribution in [0.25, 0.3) is 0 Å². The van der Waals surface area contributed by atoms with E-state index in [4.69, 9.17) is 4.74 Å². The SMILES string of the molecule is CCc1ccc(C2CC=C2C2C=CC=CO2)cc1. The van der Waals surface area contributed by atoms with E-state index in [2.05, 4.69) is 49.4 Å². The maximum Gasteiger partial charge on any atom is 0.138 e. The van der Waals surface area contributed by atoms with Crippen molar-refractivity contribution < 1.29 is 4.74 Å². The number of rotatable bonds is 3. The third-order valence-electron chi connectivity index (χ3n) is 3.81. The van der Waals surface area contributed by atoms with Crippen molar-refractivity contribution in [1.82, 2.24) is 0 Å². The van der Waals surface area contributed by atoms with E-state index in [9.17, 15) is 0 Å². The first kappa shape index (κ1) is 11.3. The summed E-state index contributed by atoms with van der Waals surface area (Å²) in [6, 6.07) is 9.00. The predicted octanol–water partition coefficient (Wildman–Crippen LogP) is 4.13. The molecule has 92 valence electrons. The van der Waals surface area contributed by atoms with Gasteiger partial charge in [-0.2, -0.15) is 0 Å². The molecule has 2 aliphatic rings. The molecule has 2 unspecified atom stereocenters. The molecular weight excluding hydrogens is 220 g/mol. The van der Waals surface area contributed by atoms with Crippen LogP contribution in [0.2, 0.25) is 0 Å². The Morgan fingerprint density at radius 2 is 2.00 bits per heavy atom. The van der Waals surface area contributed by atoms with Crippen molar-refractivity contribution in [3.63, 3.8) is 0 Å². The van der Waals surface area contributed by atoms with E-state index in [-0.39, 0.29) is 6.10 Å². The largest absolute Gasteiger partial charge is 0.490 e. The Labute approximate surface area is 108 Å². The van der Waals surface area contributed by atoms with Gasteiger partial charge in [0.25, 0.3) is 0 Å². The molecule has 18 heavy (non-hydrogen) atoms. The number of hydrogen-bond donors (Lipinski definition) is 0. The van der Waals surface area contributed by atoms with E-state index in [0.29, 0.717) is 5.92 Å². The van der Waals surface area contributed by atoms with Gasteiger partial charge in [0.15, 0.2) is 0 Å². The summed E-state index contributed by atoms with van der Waals surface area (Å²) in [4.78, 5) is 0. The van der Waals surface area contributed by atoms with Crippen molar-refractivity contribution >= 4 is 0 Å². The van der Waals surface area contributed by atoms with Crippen LogP contribution in [0.15, 0.2) is 60.4 Å². The first-order valence-corrected chi connectivity index (χ1v) is 6.66. The Hall–Kier alpha value is -1.76. The van der Waals surface area contributed by atoms with E-state index in [1.54, 1.807) is 6.26 Å². The zero-order valence-electron chi connectivity index (χ0n) is 10.7. The second-order valence-electron chi connectivity index (χ2n) is 4.86. The number of hydrogen-bond acceptors (Lipinski definition) is 1. The lowest BCUT2D eigenvalue weighted by Gasteiger charge is -2.32. The third kappa shape index (κ3) is 2.01. The van der Waals surface area contributed by atoms with E-state index in [1.165, 1.54) is 16.7 Å². The lowest BCUT2D eigenvalue weighted by molar-refractivity contribution is 0.202. The highest BCUT2D eigenvalue weighted by molar-refractivity contribution is 5.41. The Morgan fingerprint density at radius 3 is 2.56 bits per heavy atom. The fourth-order valence-corrected chi connectivity index (χ4v) is 2.58. The smallest absolute Gasteiger partial charge is 0.138 e. The van der Waals surface area contributed by atoms with Gasteiger partial charge >= 0.3 is 0 Å². The van der Waals surface area contributed by atoms with Crippen molar-refractivity contribution in [2.24, 2.45) is 0 Å². The van der Waals surface area contributed by atoms with Gasteiger partial charge in [0.1, 0.15) is 6.10 Å². The second kappa shape index (κ2) is 4.85. The Morgan fingerprint density at radius 1 is 1.17 bits per heavy atom. The van der Waals surface area contributed by atoms with Gasteiger partial charge in [-0.3, -0.25) is 0 Å². The van der Waals surface area contributed by atoms with Gasteiger partial charge in [0, 0.05) is 5.92 Å². The fraction of sp³-hybridized carbons (Fsp3) is 0.294. The van der Waals surface area contributed by atoms with Crippen LogP contribution in [0.4, 0.5) is 0 Å². The molecule has 0 bridgehead atoms. The molecule has 1 aliphatic carbocycles. The third-order valence-corrected chi connectivity index (χ3v) is 3.81. The highest BCUT2D eigenvalue weighted by Gasteiger charge is 2.29. The highest BCUT2D eigenvalue weighted by Crippen LogP contribution is 2.40. The molecule has 0 spiro atoms. The zero-order valence-corrected chi connectivity index (χ0v) is 10.7. The van der Waals surface area contributed by atoms with Crippen molar-refractivity contribution in [2.75, 3.05) is 0 Å². The van der Waals surface area contributed by atoms with Crippen LogP contribution < -0.4 is 0 Å². The monoisotopic (exact) mass is 238 g/mol. The second-order valence-corrected chi connectivity index (χ2v) is 4.86. The van der Waals surface area contributed by atoms with Crippen LogP contribution >= 0.6 is 0 Å². The van der Waals surface area contributed by atoms with Crippen molar-refractivity contribution in [2.45, 2.75) is 31.8 Å². The summed E-state index contributed by atoms with van der Waals surface area (Å²) in [6.45, 7) is 2.19. The first-order chi connectivity index (χ1) is 8.88. The van der Waals surface area contributed by atoms with Crippen LogP contribution in [-0.4, -0.2) is 6.10 Å². The summed E-state index contributed by atoms with van der Waals surface area (Å²) in [6.07, 6.45) is 12.6. The minimum atomic E-state index is 0.139. The first-order valence-electron chi connectivity index (χ1n) is 6.66. The average molecular weight is 238 g/mol. The van der Waals surface area contributed by atoms with Crippen LogP contribution in [-0.2, 0) is 11.2 Å². The summed E-state index contributed by atoms with van der Waals surface area (Å²) >= 11 is 0. The molecule has 0 fully saturated rings. The normalized spacial score (nSPS) is 25.3. The summed E-state index contributed by atoms with van der Waals surface area (Å²) in [5, 5.41) is 0. The molecular formula is C17H18O. The van der Waals surface area contributed by atoms with Crippen molar-refractivity contribution in [1.29, 1.82) is 0 Å².